The number of carbonyl (C=O) groups is 1. The summed E-state index contributed by atoms with van der Waals surface area (Å²) in [6.07, 6.45) is -1.68. The molecule has 4 aromatic rings. The summed E-state index contributed by atoms with van der Waals surface area (Å²) in [7, 11) is 0. The lowest BCUT2D eigenvalue weighted by atomic mass is 10.1. The molecule has 0 unspecified atom stereocenters. The summed E-state index contributed by atoms with van der Waals surface area (Å²) in [5.74, 6) is 0.395. The normalized spacial score (nSPS) is 15.1. The van der Waals surface area contributed by atoms with Crippen LogP contribution in [0.4, 0.5) is 18.9 Å². The van der Waals surface area contributed by atoms with Gasteiger partial charge in [0.2, 0.25) is 5.91 Å². The number of aromatic nitrogens is 3. The lowest BCUT2D eigenvalue weighted by Crippen LogP contribution is -2.29. The van der Waals surface area contributed by atoms with Gasteiger partial charge in [-0.25, -0.2) is 9.67 Å². The first-order valence-electron chi connectivity index (χ1n) is 11.3. The van der Waals surface area contributed by atoms with Crippen molar-refractivity contribution < 1.29 is 22.7 Å². The Morgan fingerprint density at radius 3 is 2.47 bits per heavy atom. The highest BCUT2D eigenvalue weighted by Crippen LogP contribution is 2.29. The van der Waals surface area contributed by atoms with Crippen molar-refractivity contribution >= 4 is 34.7 Å². The lowest BCUT2D eigenvalue weighted by Gasteiger charge is -2.17. The Hall–Kier alpha value is -4.45. The quantitative estimate of drug-likeness (QED) is 0.236. The van der Waals surface area contributed by atoms with E-state index in [1.165, 1.54) is 47.0 Å². The molecule has 0 atom stereocenters. The summed E-state index contributed by atoms with van der Waals surface area (Å²) in [6, 6.07) is 20.2. The average Bonchev–Trinajstić information content (AvgIpc) is 3.52. The standard InChI is InChI=1S/C26H19F3N6O2S/c1-17-4-2-3-5-22(17)35-23(36)15-38-25(35)32-31-14-18-6-8-19(9-7-18)24-30-16-34(33-24)20-10-12-21(13-11-20)37-26(27,28)29/h2-14,16H,15H2,1H3. The fourth-order valence-electron chi connectivity index (χ4n) is 3.67. The molecular weight excluding hydrogens is 517 g/mol. The van der Waals surface area contributed by atoms with E-state index in [1.54, 1.807) is 11.1 Å². The second kappa shape index (κ2) is 10.5. The van der Waals surface area contributed by atoms with Gasteiger partial charge in [0, 0.05) is 5.56 Å². The van der Waals surface area contributed by atoms with E-state index in [4.69, 9.17) is 0 Å². The van der Waals surface area contributed by atoms with Crippen molar-refractivity contribution in [2.75, 3.05) is 10.7 Å². The van der Waals surface area contributed by atoms with E-state index in [-0.39, 0.29) is 11.7 Å². The number of para-hydroxylation sites is 1. The van der Waals surface area contributed by atoms with Crippen molar-refractivity contribution in [1.29, 1.82) is 0 Å². The van der Waals surface area contributed by atoms with Gasteiger partial charge in [-0.15, -0.1) is 23.4 Å². The number of carbonyl (C=O) groups excluding carboxylic acids is 1. The van der Waals surface area contributed by atoms with E-state index in [9.17, 15) is 18.0 Å². The van der Waals surface area contributed by atoms with Crippen LogP contribution in [0, 0.1) is 6.92 Å². The summed E-state index contributed by atoms with van der Waals surface area (Å²) >= 11 is 1.34. The number of ether oxygens (including phenoxy) is 1. The Kier molecular flexibility index (Phi) is 6.97. The summed E-state index contributed by atoms with van der Waals surface area (Å²) in [5.41, 5.74) is 3.82. The molecular formula is C26H19F3N6O2S. The molecule has 0 N–H and O–H groups in total. The molecule has 1 aliphatic heterocycles. The van der Waals surface area contributed by atoms with Gasteiger partial charge in [-0.05, 0) is 48.4 Å². The molecule has 192 valence electrons. The first kappa shape index (κ1) is 25.2. The summed E-state index contributed by atoms with van der Waals surface area (Å²) in [6.45, 7) is 1.94. The van der Waals surface area contributed by atoms with Crippen LogP contribution >= 0.6 is 11.8 Å². The van der Waals surface area contributed by atoms with Crippen molar-refractivity contribution in [2.45, 2.75) is 13.3 Å². The van der Waals surface area contributed by atoms with Gasteiger partial charge in [-0.3, -0.25) is 9.69 Å². The molecule has 1 aliphatic rings. The lowest BCUT2D eigenvalue weighted by molar-refractivity contribution is -0.274. The Balaban J connectivity index is 1.26. The minimum Gasteiger partial charge on any atom is -0.406 e. The monoisotopic (exact) mass is 536 g/mol. The molecule has 0 bridgehead atoms. The van der Waals surface area contributed by atoms with E-state index < -0.39 is 6.36 Å². The largest absolute Gasteiger partial charge is 0.573 e. The van der Waals surface area contributed by atoms with E-state index in [2.05, 4.69) is 25.0 Å². The molecule has 3 aromatic carbocycles. The van der Waals surface area contributed by atoms with Gasteiger partial charge >= 0.3 is 6.36 Å². The number of amides is 1. The Bertz CT molecular complexity index is 1520. The summed E-state index contributed by atoms with van der Waals surface area (Å²) in [4.78, 5) is 18.3. The highest BCUT2D eigenvalue weighted by molar-refractivity contribution is 8.15. The number of aryl methyl sites for hydroxylation is 1. The van der Waals surface area contributed by atoms with Crippen molar-refractivity contribution in [3.05, 3.63) is 90.3 Å². The van der Waals surface area contributed by atoms with Crippen LogP contribution in [-0.4, -0.2) is 44.2 Å². The Morgan fingerprint density at radius 1 is 1.03 bits per heavy atom. The van der Waals surface area contributed by atoms with E-state index in [1.807, 2.05) is 55.5 Å². The minimum atomic E-state index is -4.75. The fraction of sp³-hybridized carbons (Fsp3) is 0.115. The van der Waals surface area contributed by atoms with E-state index >= 15 is 0 Å². The van der Waals surface area contributed by atoms with E-state index in [0.29, 0.717) is 22.4 Å². The van der Waals surface area contributed by atoms with Crippen LogP contribution in [0.15, 0.2) is 89.3 Å². The van der Waals surface area contributed by atoms with Crippen LogP contribution in [0.2, 0.25) is 0 Å². The maximum absolute atomic E-state index is 12.4. The van der Waals surface area contributed by atoms with Crippen molar-refractivity contribution in [1.82, 2.24) is 14.8 Å². The molecule has 0 radical (unpaired) electrons. The van der Waals surface area contributed by atoms with Crippen molar-refractivity contribution in [2.24, 2.45) is 10.2 Å². The predicted molar refractivity (Wildman–Crippen MR) is 140 cm³/mol. The molecule has 1 amide bonds. The molecule has 12 heteroatoms. The fourth-order valence-corrected chi connectivity index (χ4v) is 4.49. The van der Waals surface area contributed by atoms with Crippen LogP contribution in [0.1, 0.15) is 11.1 Å². The number of alkyl halides is 3. The number of hydrogen-bond acceptors (Lipinski definition) is 7. The zero-order chi connectivity index (χ0) is 26.7. The maximum atomic E-state index is 12.4. The van der Waals surface area contributed by atoms with Crippen molar-refractivity contribution in [3.8, 4) is 22.8 Å². The van der Waals surface area contributed by atoms with Gasteiger partial charge in [0.15, 0.2) is 11.0 Å². The number of rotatable bonds is 6. The predicted octanol–water partition coefficient (Wildman–Crippen LogP) is 5.61. The highest BCUT2D eigenvalue weighted by Gasteiger charge is 2.31. The van der Waals surface area contributed by atoms with Crippen LogP contribution in [0.5, 0.6) is 5.75 Å². The molecule has 1 saturated heterocycles. The molecule has 1 aromatic heterocycles. The first-order chi connectivity index (χ1) is 18.3. The summed E-state index contributed by atoms with van der Waals surface area (Å²) in [5, 5.41) is 13.4. The number of hydrogen-bond donors (Lipinski definition) is 0. The third-order valence-corrected chi connectivity index (χ3v) is 6.38. The molecule has 2 heterocycles. The molecule has 38 heavy (non-hydrogen) atoms. The second-order valence-electron chi connectivity index (χ2n) is 8.11. The number of benzene rings is 3. The maximum Gasteiger partial charge on any atom is 0.573 e. The molecule has 0 aliphatic carbocycles. The molecule has 8 nitrogen and oxygen atoms in total. The average molecular weight is 537 g/mol. The van der Waals surface area contributed by atoms with E-state index in [0.717, 1.165) is 22.4 Å². The second-order valence-corrected chi connectivity index (χ2v) is 9.05. The number of amidine groups is 1. The highest BCUT2D eigenvalue weighted by atomic mass is 32.2. The number of anilines is 1. The molecule has 5 rings (SSSR count). The van der Waals surface area contributed by atoms with Crippen LogP contribution in [0.3, 0.4) is 0 Å². The SMILES string of the molecule is Cc1ccccc1N1C(=O)CSC1=NN=Cc1ccc(-c2ncn(-c3ccc(OC(F)(F)F)cc3)n2)cc1. The van der Waals surface area contributed by atoms with Gasteiger partial charge in [-0.1, -0.05) is 54.2 Å². The first-order valence-corrected chi connectivity index (χ1v) is 12.3. The Labute approximate surface area is 219 Å². The van der Waals surface area contributed by atoms with Gasteiger partial charge in [-0.2, -0.15) is 5.10 Å². The van der Waals surface area contributed by atoms with Gasteiger partial charge < -0.3 is 4.74 Å². The molecule has 0 saturated carbocycles. The third-order valence-electron chi connectivity index (χ3n) is 5.47. The van der Waals surface area contributed by atoms with Gasteiger partial charge in [0.1, 0.15) is 12.1 Å². The third kappa shape index (κ3) is 5.75. The smallest absolute Gasteiger partial charge is 0.406 e. The Morgan fingerprint density at radius 2 is 1.76 bits per heavy atom. The van der Waals surface area contributed by atoms with Crippen LogP contribution in [0.25, 0.3) is 17.1 Å². The molecule has 1 fully saturated rings. The summed E-state index contributed by atoms with van der Waals surface area (Å²) < 4.78 is 42.4. The number of nitrogens with zero attached hydrogens (tertiary/aromatic N) is 6. The van der Waals surface area contributed by atoms with Crippen LogP contribution in [-0.2, 0) is 4.79 Å². The number of halogens is 3. The van der Waals surface area contributed by atoms with Gasteiger partial charge in [0.05, 0.1) is 23.3 Å². The zero-order valence-electron chi connectivity index (χ0n) is 19.8. The number of thioether (sulfide) groups is 1. The minimum absolute atomic E-state index is 0.0416. The van der Waals surface area contributed by atoms with Crippen molar-refractivity contribution in [3.63, 3.8) is 0 Å². The van der Waals surface area contributed by atoms with Crippen LogP contribution < -0.4 is 9.64 Å². The zero-order valence-corrected chi connectivity index (χ0v) is 20.6. The molecule has 0 spiro atoms. The topological polar surface area (TPSA) is 85.0 Å². The van der Waals surface area contributed by atoms with Gasteiger partial charge in [0.25, 0.3) is 0 Å².